The van der Waals surface area contributed by atoms with Crippen LogP contribution in [-0.4, -0.2) is 42.8 Å². The summed E-state index contributed by atoms with van der Waals surface area (Å²) in [4.78, 5) is 14.1. The van der Waals surface area contributed by atoms with Gasteiger partial charge in [0.15, 0.2) is 0 Å². The van der Waals surface area contributed by atoms with Crippen molar-refractivity contribution in [3.8, 4) is 0 Å². The minimum absolute atomic E-state index is 0.0599. The zero-order chi connectivity index (χ0) is 15.2. The summed E-state index contributed by atoms with van der Waals surface area (Å²) in [7, 11) is 3.39. The molecule has 0 unspecified atom stereocenters. The first kappa shape index (κ1) is 15.3. The molecule has 0 aliphatic heterocycles. The third-order valence-corrected chi connectivity index (χ3v) is 3.38. The van der Waals surface area contributed by atoms with Gasteiger partial charge in [0.2, 0.25) is 5.76 Å². The first-order chi connectivity index (χ1) is 10.1. The third kappa shape index (κ3) is 3.92. The second kappa shape index (κ2) is 7.04. The monoisotopic (exact) mass is 288 g/mol. The smallest absolute Gasteiger partial charge is 0.292 e. The van der Waals surface area contributed by atoms with Crippen molar-refractivity contribution in [2.45, 2.75) is 19.4 Å². The summed E-state index contributed by atoms with van der Waals surface area (Å²) in [6, 6.07) is 11.6. The van der Waals surface area contributed by atoms with E-state index in [-0.39, 0.29) is 17.7 Å². The number of carbonyl (C=O) groups is 1. The molecule has 5 heteroatoms. The number of methoxy groups -OCH3 is 1. The van der Waals surface area contributed by atoms with E-state index in [1.807, 2.05) is 30.3 Å². The molecule has 0 N–H and O–H groups in total. The summed E-state index contributed by atoms with van der Waals surface area (Å²) in [6.07, 6.45) is 0.726. The van der Waals surface area contributed by atoms with E-state index < -0.39 is 0 Å². The van der Waals surface area contributed by atoms with Crippen LogP contribution in [0.4, 0.5) is 0 Å². The predicted octanol–water partition coefficient (Wildman–Crippen LogP) is 2.31. The van der Waals surface area contributed by atoms with Crippen molar-refractivity contribution in [2.75, 3.05) is 20.8 Å². The van der Waals surface area contributed by atoms with Crippen molar-refractivity contribution in [1.82, 2.24) is 10.1 Å². The van der Waals surface area contributed by atoms with E-state index in [9.17, 15) is 4.79 Å². The van der Waals surface area contributed by atoms with E-state index in [0.29, 0.717) is 12.3 Å². The minimum Gasteiger partial charge on any atom is -0.383 e. The van der Waals surface area contributed by atoms with Crippen LogP contribution in [0.1, 0.15) is 21.8 Å². The van der Waals surface area contributed by atoms with Crippen LogP contribution in [0.25, 0.3) is 0 Å². The summed E-state index contributed by atoms with van der Waals surface area (Å²) in [5, 5.41) is 3.76. The molecule has 21 heavy (non-hydrogen) atoms. The van der Waals surface area contributed by atoms with Crippen molar-refractivity contribution in [1.29, 1.82) is 0 Å². The standard InChI is InChI=1S/C16H20N2O3/c1-12-9-15(21-17-12)16(19)18(2)14(11-20-3)10-13-7-5-4-6-8-13/h4-9,14H,10-11H2,1-3H3/t14-/m0/s1. The Hall–Kier alpha value is -2.14. The molecule has 0 saturated carbocycles. The van der Waals surface area contributed by atoms with Crippen LogP contribution in [0.5, 0.6) is 0 Å². The van der Waals surface area contributed by atoms with Crippen LogP contribution in [0.2, 0.25) is 0 Å². The minimum atomic E-state index is -0.186. The number of hydrogen-bond acceptors (Lipinski definition) is 4. The highest BCUT2D eigenvalue weighted by molar-refractivity contribution is 5.91. The molecule has 0 radical (unpaired) electrons. The molecule has 0 fully saturated rings. The Kier molecular flexibility index (Phi) is 5.11. The third-order valence-electron chi connectivity index (χ3n) is 3.38. The average molecular weight is 288 g/mol. The van der Waals surface area contributed by atoms with Gasteiger partial charge in [-0.05, 0) is 18.9 Å². The largest absolute Gasteiger partial charge is 0.383 e. The first-order valence-electron chi connectivity index (χ1n) is 6.85. The van der Waals surface area contributed by atoms with Gasteiger partial charge in [-0.25, -0.2) is 0 Å². The number of likely N-dealkylation sites (N-methyl/N-ethyl adjacent to an activating group) is 1. The Labute approximate surface area is 124 Å². The maximum absolute atomic E-state index is 12.4. The lowest BCUT2D eigenvalue weighted by atomic mass is 10.1. The molecule has 1 aromatic carbocycles. The number of amides is 1. The number of rotatable bonds is 6. The second-order valence-corrected chi connectivity index (χ2v) is 5.05. The average Bonchev–Trinajstić information content (AvgIpc) is 2.93. The molecule has 2 aromatic rings. The van der Waals surface area contributed by atoms with Gasteiger partial charge in [0.1, 0.15) is 0 Å². The first-order valence-corrected chi connectivity index (χ1v) is 6.85. The lowest BCUT2D eigenvalue weighted by Crippen LogP contribution is -2.41. The van der Waals surface area contributed by atoms with Crippen molar-refractivity contribution >= 4 is 5.91 Å². The SMILES string of the molecule is COC[C@H](Cc1ccccc1)N(C)C(=O)c1cc(C)no1. The summed E-state index contributed by atoms with van der Waals surface area (Å²) in [5.41, 5.74) is 1.85. The molecule has 5 nitrogen and oxygen atoms in total. The van der Waals surface area contributed by atoms with Gasteiger partial charge in [-0.2, -0.15) is 0 Å². The highest BCUT2D eigenvalue weighted by Crippen LogP contribution is 2.13. The van der Waals surface area contributed by atoms with Crippen LogP contribution in [0, 0.1) is 6.92 Å². The zero-order valence-electron chi connectivity index (χ0n) is 12.6. The van der Waals surface area contributed by atoms with E-state index >= 15 is 0 Å². The van der Waals surface area contributed by atoms with E-state index in [1.165, 1.54) is 0 Å². The normalized spacial score (nSPS) is 12.1. The van der Waals surface area contributed by atoms with Crippen molar-refractivity contribution in [2.24, 2.45) is 0 Å². The van der Waals surface area contributed by atoms with Gasteiger partial charge < -0.3 is 14.2 Å². The number of aryl methyl sites for hydroxylation is 1. The molecule has 1 atom stereocenters. The number of nitrogens with zero attached hydrogens (tertiary/aromatic N) is 2. The molecular formula is C16H20N2O3. The quantitative estimate of drug-likeness (QED) is 0.818. The van der Waals surface area contributed by atoms with Gasteiger partial charge in [0.05, 0.1) is 18.3 Å². The maximum atomic E-state index is 12.4. The number of hydrogen-bond donors (Lipinski definition) is 0. The number of carbonyl (C=O) groups excluding carboxylic acids is 1. The summed E-state index contributed by atoms with van der Waals surface area (Å²) in [5.74, 6) is 0.0674. The fraction of sp³-hybridized carbons (Fsp3) is 0.375. The number of benzene rings is 1. The van der Waals surface area contributed by atoms with Crippen molar-refractivity contribution in [3.05, 3.63) is 53.4 Å². The Morgan fingerprint density at radius 2 is 2.10 bits per heavy atom. The van der Waals surface area contributed by atoms with Crippen LogP contribution >= 0.6 is 0 Å². The summed E-state index contributed by atoms with van der Waals surface area (Å²) in [6.45, 7) is 2.25. The van der Waals surface area contributed by atoms with Crippen LogP contribution in [0.3, 0.4) is 0 Å². The molecule has 0 aliphatic carbocycles. The van der Waals surface area contributed by atoms with E-state index in [0.717, 1.165) is 12.0 Å². The van der Waals surface area contributed by atoms with E-state index in [2.05, 4.69) is 5.16 Å². The summed E-state index contributed by atoms with van der Waals surface area (Å²) >= 11 is 0. The number of aromatic nitrogens is 1. The molecule has 0 aliphatic rings. The number of ether oxygens (including phenoxy) is 1. The van der Waals surface area contributed by atoms with Crippen molar-refractivity contribution in [3.63, 3.8) is 0 Å². The predicted molar refractivity (Wildman–Crippen MR) is 79.1 cm³/mol. The topological polar surface area (TPSA) is 55.6 Å². The Morgan fingerprint density at radius 3 is 2.67 bits per heavy atom. The Morgan fingerprint density at radius 1 is 1.38 bits per heavy atom. The van der Waals surface area contributed by atoms with Crippen LogP contribution in [-0.2, 0) is 11.2 Å². The second-order valence-electron chi connectivity index (χ2n) is 5.05. The molecule has 1 heterocycles. The molecular weight excluding hydrogens is 268 g/mol. The van der Waals surface area contributed by atoms with Crippen molar-refractivity contribution < 1.29 is 14.1 Å². The molecule has 112 valence electrons. The van der Waals surface area contributed by atoms with Gasteiger partial charge >= 0.3 is 0 Å². The van der Waals surface area contributed by atoms with Gasteiger partial charge in [-0.1, -0.05) is 35.5 Å². The molecule has 1 aromatic heterocycles. The fourth-order valence-corrected chi connectivity index (χ4v) is 2.19. The molecule has 0 bridgehead atoms. The Bertz CT molecular complexity index is 580. The van der Waals surface area contributed by atoms with Gasteiger partial charge in [0, 0.05) is 20.2 Å². The lowest BCUT2D eigenvalue weighted by Gasteiger charge is -2.27. The van der Waals surface area contributed by atoms with Crippen LogP contribution < -0.4 is 0 Å². The van der Waals surface area contributed by atoms with Gasteiger partial charge in [0.25, 0.3) is 5.91 Å². The van der Waals surface area contributed by atoms with Crippen LogP contribution in [0.15, 0.2) is 40.9 Å². The lowest BCUT2D eigenvalue weighted by molar-refractivity contribution is 0.0567. The highest BCUT2D eigenvalue weighted by atomic mass is 16.5. The zero-order valence-corrected chi connectivity index (χ0v) is 12.6. The molecule has 0 spiro atoms. The van der Waals surface area contributed by atoms with Gasteiger partial charge in [-0.15, -0.1) is 0 Å². The fourth-order valence-electron chi connectivity index (χ4n) is 2.19. The van der Waals surface area contributed by atoms with Gasteiger partial charge in [-0.3, -0.25) is 4.79 Å². The highest BCUT2D eigenvalue weighted by Gasteiger charge is 2.24. The molecule has 0 saturated heterocycles. The maximum Gasteiger partial charge on any atom is 0.292 e. The summed E-state index contributed by atoms with van der Waals surface area (Å²) < 4.78 is 10.3. The molecule has 2 rings (SSSR count). The Balaban J connectivity index is 2.11. The van der Waals surface area contributed by atoms with E-state index in [4.69, 9.17) is 9.26 Å². The van der Waals surface area contributed by atoms with E-state index in [1.54, 1.807) is 32.0 Å². The molecule has 1 amide bonds.